The van der Waals surface area contributed by atoms with Crippen molar-refractivity contribution in [1.82, 2.24) is 14.9 Å². The Labute approximate surface area is 196 Å². The Morgan fingerprint density at radius 1 is 1.30 bits per heavy atom. The van der Waals surface area contributed by atoms with E-state index in [-0.39, 0.29) is 29.4 Å². The van der Waals surface area contributed by atoms with Gasteiger partial charge in [-0.3, -0.25) is 14.4 Å². The lowest BCUT2D eigenvalue weighted by Gasteiger charge is -2.26. The topological polar surface area (TPSA) is 95.2 Å². The van der Waals surface area contributed by atoms with Crippen LogP contribution in [0, 0.1) is 18.3 Å². The molecule has 0 bridgehead atoms. The van der Waals surface area contributed by atoms with Crippen molar-refractivity contribution in [3.63, 3.8) is 0 Å². The maximum Gasteiger partial charge on any atom is 0.231 e. The third-order valence-corrected chi connectivity index (χ3v) is 7.68. The Balaban J connectivity index is 1.21. The molecule has 5 rings (SSSR count). The lowest BCUT2D eigenvalue weighted by Crippen LogP contribution is -2.30. The predicted octanol–water partition coefficient (Wildman–Crippen LogP) is 4.12. The van der Waals surface area contributed by atoms with Crippen LogP contribution in [0.25, 0.3) is 10.9 Å². The lowest BCUT2D eigenvalue weighted by molar-refractivity contribution is -0.128. The number of nitrogens with one attached hydrogen (secondary N) is 2. The third kappa shape index (κ3) is 4.31. The van der Waals surface area contributed by atoms with Gasteiger partial charge in [0, 0.05) is 43.0 Å². The summed E-state index contributed by atoms with van der Waals surface area (Å²) in [4.78, 5) is 48.1. The lowest BCUT2D eigenvalue weighted by atomic mass is 9.78. The van der Waals surface area contributed by atoms with Crippen LogP contribution in [0.5, 0.6) is 0 Å². The van der Waals surface area contributed by atoms with Gasteiger partial charge in [-0.2, -0.15) is 0 Å². The minimum atomic E-state index is -0.407. The molecule has 0 spiro atoms. The highest BCUT2D eigenvalue weighted by atomic mass is 32.1. The summed E-state index contributed by atoms with van der Waals surface area (Å²) < 4.78 is 0. The molecular weight excluding hydrogens is 436 g/mol. The summed E-state index contributed by atoms with van der Waals surface area (Å²) >= 11 is 1.25. The fourth-order valence-corrected chi connectivity index (χ4v) is 5.82. The minimum Gasteiger partial charge on any atom is -0.361 e. The highest BCUT2D eigenvalue weighted by Crippen LogP contribution is 2.38. The molecule has 0 saturated carbocycles. The Morgan fingerprint density at radius 2 is 2.12 bits per heavy atom. The number of benzene rings is 1. The highest BCUT2D eigenvalue weighted by Gasteiger charge is 2.36. The summed E-state index contributed by atoms with van der Waals surface area (Å²) in [5.74, 6) is -0.516. The van der Waals surface area contributed by atoms with Crippen molar-refractivity contribution in [3.8, 4) is 0 Å². The van der Waals surface area contributed by atoms with Gasteiger partial charge in [-0.15, -0.1) is 0 Å². The zero-order chi connectivity index (χ0) is 23.3. The molecule has 172 valence electrons. The van der Waals surface area contributed by atoms with Gasteiger partial charge in [0.1, 0.15) is 0 Å². The van der Waals surface area contributed by atoms with Gasteiger partial charge in [0.25, 0.3) is 0 Å². The Kier molecular flexibility index (Phi) is 5.35. The average Bonchev–Trinajstić information content (AvgIpc) is 3.42. The number of likely N-dealkylation sites (tertiary alicyclic amines) is 1. The molecule has 2 aromatic heterocycles. The summed E-state index contributed by atoms with van der Waals surface area (Å²) in [5, 5.41) is 4.50. The first kappa shape index (κ1) is 21.8. The number of nitrogens with zero attached hydrogens (tertiary/aromatic N) is 2. The normalized spacial score (nSPS) is 19.8. The number of ketones is 1. The van der Waals surface area contributed by atoms with Crippen LogP contribution in [0.15, 0.2) is 24.4 Å². The Morgan fingerprint density at radius 3 is 2.94 bits per heavy atom. The van der Waals surface area contributed by atoms with Gasteiger partial charge in [0.05, 0.1) is 16.5 Å². The zero-order valence-corrected chi connectivity index (χ0v) is 20.0. The number of amides is 2. The standard InChI is InChI=1S/C25H28N4O3S/c1-14-4-5-18-17(8-14)15(12-26-18)6-7-29-13-16(9-21(29)31)23(32)28-24-27-19-10-25(2,3)11-20(30)22(19)33-24/h4-5,8,12,16,26H,6-7,9-11,13H2,1-3H3,(H,27,28,32)/t16-/m0/s1. The molecule has 1 saturated heterocycles. The van der Waals surface area contributed by atoms with E-state index in [1.807, 2.05) is 6.20 Å². The number of aromatic amines is 1. The number of aryl methyl sites for hydroxylation is 1. The van der Waals surface area contributed by atoms with Gasteiger partial charge >= 0.3 is 0 Å². The van der Waals surface area contributed by atoms with Crippen molar-refractivity contribution in [1.29, 1.82) is 0 Å². The number of Topliss-reactive ketones (excluding diaryl/α,β-unsaturated/α-hetero) is 1. The van der Waals surface area contributed by atoms with Crippen molar-refractivity contribution in [2.45, 2.75) is 46.5 Å². The van der Waals surface area contributed by atoms with Gasteiger partial charge < -0.3 is 15.2 Å². The summed E-state index contributed by atoms with van der Waals surface area (Å²) in [6.45, 7) is 7.17. The van der Waals surface area contributed by atoms with E-state index >= 15 is 0 Å². The van der Waals surface area contributed by atoms with Gasteiger partial charge in [-0.05, 0) is 42.9 Å². The minimum absolute atomic E-state index is 0.00142. The van der Waals surface area contributed by atoms with Crippen LogP contribution in [-0.2, 0) is 22.4 Å². The van der Waals surface area contributed by atoms with Crippen molar-refractivity contribution in [2.24, 2.45) is 11.3 Å². The molecule has 1 atom stereocenters. The number of hydrogen-bond acceptors (Lipinski definition) is 5. The molecule has 1 aromatic carbocycles. The second kappa shape index (κ2) is 8.09. The van der Waals surface area contributed by atoms with E-state index in [0.29, 0.717) is 29.5 Å². The number of rotatable bonds is 5. The molecular formula is C25H28N4O3S. The van der Waals surface area contributed by atoms with Crippen LogP contribution in [0.4, 0.5) is 5.13 Å². The molecule has 3 heterocycles. The molecule has 0 radical (unpaired) electrons. The fourth-order valence-electron chi connectivity index (χ4n) is 4.90. The average molecular weight is 465 g/mol. The molecule has 1 fully saturated rings. The third-order valence-electron chi connectivity index (χ3n) is 6.63. The number of anilines is 1. The summed E-state index contributed by atoms with van der Waals surface area (Å²) in [7, 11) is 0. The van der Waals surface area contributed by atoms with E-state index < -0.39 is 5.92 Å². The molecule has 2 amide bonds. The second-order valence-electron chi connectivity index (χ2n) is 10.1. The number of H-pyrrole nitrogens is 1. The smallest absolute Gasteiger partial charge is 0.231 e. The van der Waals surface area contributed by atoms with Crippen molar-refractivity contribution < 1.29 is 14.4 Å². The van der Waals surface area contributed by atoms with Gasteiger partial charge in [0.2, 0.25) is 11.8 Å². The number of aromatic nitrogens is 2. The molecule has 1 aliphatic carbocycles. The molecule has 2 aliphatic rings. The van der Waals surface area contributed by atoms with Crippen LogP contribution >= 0.6 is 11.3 Å². The first-order valence-corrected chi connectivity index (χ1v) is 12.2. The van der Waals surface area contributed by atoms with E-state index in [4.69, 9.17) is 0 Å². The van der Waals surface area contributed by atoms with Gasteiger partial charge in [-0.25, -0.2) is 4.98 Å². The first-order chi connectivity index (χ1) is 15.7. The molecule has 1 aliphatic heterocycles. The van der Waals surface area contributed by atoms with Crippen LogP contribution in [0.2, 0.25) is 0 Å². The fraction of sp³-hybridized carbons (Fsp3) is 0.440. The number of thiazole rings is 1. The Bertz CT molecular complexity index is 1270. The van der Waals surface area contributed by atoms with Crippen LogP contribution < -0.4 is 5.32 Å². The maximum atomic E-state index is 12.9. The number of carbonyl (C=O) groups excluding carboxylic acids is 3. The molecule has 8 heteroatoms. The number of carbonyl (C=O) groups is 3. The molecule has 0 unspecified atom stereocenters. The summed E-state index contributed by atoms with van der Waals surface area (Å²) in [5.41, 5.74) is 4.13. The maximum absolute atomic E-state index is 12.9. The Hall–Kier alpha value is -3.00. The predicted molar refractivity (Wildman–Crippen MR) is 129 cm³/mol. The van der Waals surface area contributed by atoms with E-state index in [0.717, 1.165) is 24.1 Å². The molecule has 2 N–H and O–H groups in total. The van der Waals surface area contributed by atoms with Gasteiger partial charge in [-0.1, -0.05) is 36.8 Å². The largest absolute Gasteiger partial charge is 0.361 e. The number of hydrogen-bond donors (Lipinski definition) is 2. The summed E-state index contributed by atoms with van der Waals surface area (Å²) in [6.07, 6.45) is 4.17. The van der Waals surface area contributed by atoms with Gasteiger partial charge in [0.15, 0.2) is 10.9 Å². The summed E-state index contributed by atoms with van der Waals surface area (Å²) in [6, 6.07) is 6.30. The zero-order valence-electron chi connectivity index (χ0n) is 19.2. The molecule has 7 nitrogen and oxygen atoms in total. The monoisotopic (exact) mass is 464 g/mol. The number of fused-ring (bicyclic) bond motifs is 2. The van der Waals surface area contributed by atoms with Crippen LogP contribution in [0.1, 0.15) is 53.2 Å². The van der Waals surface area contributed by atoms with Crippen molar-refractivity contribution in [2.75, 3.05) is 18.4 Å². The van der Waals surface area contributed by atoms with Crippen molar-refractivity contribution in [3.05, 3.63) is 46.1 Å². The second-order valence-corrected chi connectivity index (χ2v) is 11.1. The van der Waals surface area contributed by atoms with Crippen LogP contribution in [0.3, 0.4) is 0 Å². The first-order valence-electron chi connectivity index (χ1n) is 11.4. The van der Waals surface area contributed by atoms with Crippen molar-refractivity contribution >= 4 is 45.0 Å². The van der Waals surface area contributed by atoms with E-state index in [9.17, 15) is 14.4 Å². The van der Waals surface area contributed by atoms with E-state index in [1.165, 1.54) is 27.8 Å². The molecule has 3 aromatic rings. The van der Waals surface area contributed by atoms with E-state index in [2.05, 4.69) is 54.3 Å². The van der Waals surface area contributed by atoms with Crippen LogP contribution in [-0.4, -0.2) is 45.6 Å². The highest BCUT2D eigenvalue weighted by molar-refractivity contribution is 7.17. The van der Waals surface area contributed by atoms with E-state index in [1.54, 1.807) is 4.90 Å². The SMILES string of the molecule is Cc1ccc2[nH]cc(CCN3C[C@@H](C(=O)Nc4nc5c(s4)C(=O)CC(C)(C)C5)CC3=O)c2c1. The molecule has 33 heavy (non-hydrogen) atoms. The quantitative estimate of drug-likeness (QED) is 0.594.